The Bertz CT molecular complexity index is 706. The topological polar surface area (TPSA) is 79.3 Å². The summed E-state index contributed by atoms with van der Waals surface area (Å²) < 4.78 is 13.8. The summed E-state index contributed by atoms with van der Waals surface area (Å²) >= 11 is 3.25. The molecule has 0 aliphatic heterocycles. The quantitative estimate of drug-likeness (QED) is 0.886. The molecule has 2 N–H and O–H groups in total. The molecule has 5 nitrogen and oxygen atoms in total. The van der Waals surface area contributed by atoms with Gasteiger partial charge >= 0.3 is 5.97 Å². The SMILES string of the molecule is O=C(O)c1cccnc1C(=O)NCc1cc(F)ccc1Br. The molecule has 0 saturated heterocycles. The summed E-state index contributed by atoms with van der Waals surface area (Å²) in [5, 5.41) is 11.5. The van der Waals surface area contributed by atoms with Crippen molar-refractivity contribution < 1.29 is 19.1 Å². The summed E-state index contributed by atoms with van der Waals surface area (Å²) in [6.07, 6.45) is 1.33. The Labute approximate surface area is 128 Å². The van der Waals surface area contributed by atoms with E-state index >= 15 is 0 Å². The van der Waals surface area contributed by atoms with E-state index in [0.29, 0.717) is 10.0 Å². The lowest BCUT2D eigenvalue weighted by Gasteiger charge is -2.08. The van der Waals surface area contributed by atoms with Crippen LogP contribution in [-0.2, 0) is 6.54 Å². The van der Waals surface area contributed by atoms with E-state index < -0.39 is 17.7 Å². The van der Waals surface area contributed by atoms with E-state index in [4.69, 9.17) is 5.11 Å². The lowest BCUT2D eigenvalue weighted by atomic mass is 10.1. The average molecular weight is 353 g/mol. The molecule has 0 radical (unpaired) electrons. The molecule has 1 heterocycles. The molecule has 2 rings (SSSR count). The van der Waals surface area contributed by atoms with Crippen LogP contribution in [0.2, 0.25) is 0 Å². The van der Waals surface area contributed by atoms with Crippen molar-refractivity contribution in [1.29, 1.82) is 0 Å². The Morgan fingerprint density at radius 1 is 1.33 bits per heavy atom. The number of halogens is 2. The number of carboxylic acids is 1. The van der Waals surface area contributed by atoms with Crippen LogP contribution in [0.3, 0.4) is 0 Å². The molecule has 0 fully saturated rings. The number of nitrogens with zero attached hydrogens (tertiary/aromatic N) is 1. The summed E-state index contributed by atoms with van der Waals surface area (Å²) in [5.74, 6) is -2.30. The standard InChI is InChI=1S/C14H10BrFN2O3/c15-11-4-3-9(16)6-8(11)7-18-13(19)12-10(14(20)21)2-1-5-17-12/h1-6H,7H2,(H,18,19)(H,20,21). The largest absolute Gasteiger partial charge is 0.478 e. The van der Waals surface area contributed by atoms with Gasteiger partial charge in [0.05, 0.1) is 5.56 Å². The second-order valence-electron chi connectivity index (χ2n) is 4.12. The number of nitrogens with one attached hydrogen (secondary N) is 1. The smallest absolute Gasteiger partial charge is 0.338 e. The maximum atomic E-state index is 13.1. The van der Waals surface area contributed by atoms with Gasteiger partial charge < -0.3 is 10.4 Å². The lowest BCUT2D eigenvalue weighted by molar-refractivity contribution is 0.0690. The first-order valence-corrected chi connectivity index (χ1v) is 6.69. The van der Waals surface area contributed by atoms with E-state index in [-0.39, 0.29) is 17.8 Å². The van der Waals surface area contributed by atoms with E-state index in [0.717, 1.165) is 0 Å². The molecule has 1 amide bonds. The summed E-state index contributed by atoms with van der Waals surface area (Å²) in [6.45, 7) is 0.0484. The Balaban J connectivity index is 2.16. The predicted molar refractivity (Wildman–Crippen MR) is 76.5 cm³/mol. The van der Waals surface area contributed by atoms with Gasteiger partial charge in [0.15, 0.2) is 0 Å². The zero-order valence-electron chi connectivity index (χ0n) is 10.6. The van der Waals surface area contributed by atoms with Crippen LogP contribution in [0.5, 0.6) is 0 Å². The van der Waals surface area contributed by atoms with Crippen LogP contribution >= 0.6 is 15.9 Å². The van der Waals surface area contributed by atoms with E-state index in [2.05, 4.69) is 26.2 Å². The minimum atomic E-state index is -1.24. The molecule has 0 unspecified atom stereocenters. The lowest BCUT2D eigenvalue weighted by Crippen LogP contribution is -2.26. The first kappa shape index (κ1) is 15.1. The highest BCUT2D eigenvalue weighted by Crippen LogP contribution is 2.17. The highest BCUT2D eigenvalue weighted by Gasteiger charge is 2.17. The molecule has 108 valence electrons. The number of carboxylic acid groups (broad SMARTS) is 1. The van der Waals surface area contributed by atoms with Gasteiger partial charge in [0.25, 0.3) is 5.91 Å². The van der Waals surface area contributed by atoms with E-state index in [9.17, 15) is 14.0 Å². The van der Waals surface area contributed by atoms with Gasteiger partial charge in [-0.2, -0.15) is 0 Å². The fraction of sp³-hybridized carbons (Fsp3) is 0.0714. The van der Waals surface area contributed by atoms with E-state index in [1.54, 1.807) is 0 Å². The number of hydrogen-bond donors (Lipinski definition) is 2. The number of benzene rings is 1. The van der Waals surface area contributed by atoms with E-state index in [1.807, 2.05) is 0 Å². The van der Waals surface area contributed by atoms with Gasteiger partial charge in [0.2, 0.25) is 0 Å². The van der Waals surface area contributed by atoms with Gasteiger partial charge in [-0.1, -0.05) is 15.9 Å². The minimum absolute atomic E-state index is 0.0484. The number of aromatic carboxylic acids is 1. The van der Waals surface area contributed by atoms with Crippen LogP contribution in [0.1, 0.15) is 26.4 Å². The molecule has 0 atom stereocenters. The maximum Gasteiger partial charge on any atom is 0.338 e. The van der Waals surface area contributed by atoms with Crippen molar-refractivity contribution in [3.8, 4) is 0 Å². The third-order valence-corrected chi connectivity index (χ3v) is 3.47. The van der Waals surface area contributed by atoms with E-state index in [1.165, 1.54) is 36.5 Å². The number of aromatic nitrogens is 1. The van der Waals surface area contributed by atoms with Gasteiger partial charge in [-0.3, -0.25) is 9.78 Å². The number of carbonyl (C=O) groups excluding carboxylic acids is 1. The van der Waals surface area contributed by atoms with Crippen molar-refractivity contribution in [2.45, 2.75) is 6.54 Å². The Morgan fingerprint density at radius 3 is 2.81 bits per heavy atom. The van der Waals surface area contributed by atoms with Crippen molar-refractivity contribution >= 4 is 27.8 Å². The monoisotopic (exact) mass is 352 g/mol. The van der Waals surface area contributed by atoms with Crippen LogP contribution in [0, 0.1) is 5.82 Å². The van der Waals surface area contributed by atoms with Crippen LogP contribution < -0.4 is 5.32 Å². The molecule has 1 aromatic heterocycles. The molecular formula is C14H10BrFN2O3. The second-order valence-corrected chi connectivity index (χ2v) is 4.98. The Morgan fingerprint density at radius 2 is 2.10 bits per heavy atom. The van der Waals surface area contributed by atoms with Crippen LogP contribution in [-0.4, -0.2) is 22.0 Å². The fourth-order valence-electron chi connectivity index (χ4n) is 1.70. The fourth-order valence-corrected chi connectivity index (χ4v) is 2.08. The maximum absolute atomic E-state index is 13.1. The molecule has 0 aliphatic carbocycles. The van der Waals surface area contributed by atoms with Gasteiger partial charge in [-0.15, -0.1) is 0 Å². The first-order chi connectivity index (χ1) is 9.99. The molecule has 0 bridgehead atoms. The van der Waals surface area contributed by atoms with Crippen molar-refractivity contribution in [3.63, 3.8) is 0 Å². The zero-order chi connectivity index (χ0) is 15.4. The van der Waals surface area contributed by atoms with Crippen molar-refractivity contribution in [2.24, 2.45) is 0 Å². The molecular weight excluding hydrogens is 343 g/mol. The summed E-state index contributed by atoms with van der Waals surface area (Å²) in [7, 11) is 0. The van der Waals surface area contributed by atoms with Gasteiger partial charge in [0.1, 0.15) is 11.5 Å². The third-order valence-electron chi connectivity index (χ3n) is 2.70. The predicted octanol–water partition coefficient (Wildman–Crippen LogP) is 2.61. The molecule has 21 heavy (non-hydrogen) atoms. The normalized spacial score (nSPS) is 10.2. The summed E-state index contributed by atoms with van der Waals surface area (Å²) in [4.78, 5) is 26.8. The Hall–Kier alpha value is -2.28. The van der Waals surface area contributed by atoms with Crippen LogP contribution in [0.15, 0.2) is 41.0 Å². The number of hydrogen-bond acceptors (Lipinski definition) is 3. The van der Waals surface area contributed by atoms with Crippen LogP contribution in [0.25, 0.3) is 0 Å². The average Bonchev–Trinajstić information content (AvgIpc) is 2.47. The second kappa shape index (κ2) is 6.45. The van der Waals surface area contributed by atoms with Crippen molar-refractivity contribution in [2.75, 3.05) is 0 Å². The number of rotatable bonds is 4. The Kier molecular flexibility index (Phi) is 4.64. The molecule has 0 aliphatic rings. The summed E-state index contributed by atoms with van der Waals surface area (Å²) in [5.41, 5.74) is 0.169. The zero-order valence-corrected chi connectivity index (χ0v) is 12.2. The molecule has 7 heteroatoms. The highest BCUT2D eigenvalue weighted by atomic mass is 79.9. The number of pyridine rings is 1. The van der Waals surface area contributed by atoms with Gasteiger partial charge in [-0.05, 0) is 35.9 Å². The molecule has 0 saturated carbocycles. The van der Waals surface area contributed by atoms with Gasteiger partial charge in [0, 0.05) is 17.2 Å². The van der Waals surface area contributed by atoms with Crippen molar-refractivity contribution in [3.05, 3.63) is 63.6 Å². The minimum Gasteiger partial charge on any atom is -0.478 e. The van der Waals surface area contributed by atoms with Crippen LogP contribution in [0.4, 0.5) is 4.39 Å². The third kappa shape index (κ3) is 3.63. The van der Waals surface area contributed by atoms with Gasteiger partial charge in [-0.25, -0.2) is 9.18 Å². The number of carbonyl (C=O) groups is 2. The summed E-state index contributed by atoms with van der Waals surface area (Å²) in [6, 6.07) is 6.82. The number of amides is 1. The molecule has 2 aromatic rings. The first-order valence-electron chi connectivity index (χ1n) is 5.89. The van der Waals surface area contributed by atoms with Crippen molar-refractivity contribution in [1.82, 2.24) is 10.3 Å². The molecule has 0 spiro atoms. The molecule has 1 aromatic carbocycles. The highest BCUT2D eigenvalue weighted by molar-refractivity contribution is 9.10.